The van der Waals surface area contributed by atoms with Crippen molar-refractivity contribution in [1.82, 2.24) is 5.06 Å². The highest BCUT2D eigenvalue weighted by Gasteiger charge is 2.02. The van der Waals surface area contributed by atoms with Gasteiger partial charge in [0.1, 0.15) is 12.4 Å². The van der Waals surface area contributed by atoms with Crippen LogP contribution >= 0.6 is 0 Å². The van der Waals surface area contributed by atoms with Crippen LogP contribution in [0.3, 0.4) is 0 Å². The summed E-state index contributed by atoms with van der Waals surface area (Å²) < 4.78 is 5.36. The second-order valence-corrected chi connectivity index (χ2v) is 3.39. The molecule has 1 amide bonds. The van der Waals surface area contributed by atoms with Gasteiger partial charge in [0.25, 0.3) is 5.91 Å². The summed E-state index contributed by atoms with van der Waals surface area (Å²) in [5, 5.41) is 1.09. The third-order valence-corrected chi connectivity index (χ3v) is 2.23. The number of para-hydroxylation sites is 1. The number of carbonyl (C=O) groups excluding carboxylic acids is 2. The molecule has 0 aliphatic heterocycles. The Morgan fingerprint density at radius 2 is 2.11 bits per heavy atom. The van der Waals surface area contributed by atoms with E-state index in [-0.39, 0.29) is 12.5 Å². The lowest BCUT2D eigenvalue weighted by molar-refractivity contribution is -0.162. The zero-order valence-corrected chi connectivity index (χ0v) is 10.3. The van der Waals surface area contributed by atoms with Crippen molar-refractivity contribution < 1.29 is 19.2 Å². The highest BCUT2D eigenvalue weighted by Crippen LogP contribution is 2.15. The van der Waals surface area contributed by atoms with Crippen molar-refractivity contribution in [3.05, 3.63) is 42.0 Å². The lowest BCUT2D eigenvalue weighted by atomic mass is 10.2. The molecular weight excluding hydrogens is 234 g/mol. The SMILES string of the molecule is CON(C)C(=O)/C=C/COc1ccccc1C=O. The molecule has 0 aromatic heterocycles. The molecule has 0 saturated heterocycles. The van der Waals surface area contributed by atoms with Crippen LogP contribution in [0.15, 0.2) is 36.4 Å². The first-order valence-electron chi connectivity index (χ1n) is 5.34. The molecule has 0 saturated carbocycles. The zero-order valence-electron chi connectivity index (χ0n) is 10.3. The molecular formula is C13H15NO4. The Kier molecular flexibility index (Phi) is 5.60. The molecule has 1 rings (SSSR count). The van der Waals surface area contributed by atoms with Crippen LogP contribution in [0, 0.1) is 0 Å². The molecule has 0 fully saturated rings. The second kappa shape index (κ2) is 7.24. The van der Waals surface area contributed by atoms with E-state index in [2.05, 4.69) is 0 Å². The molecule has 0 heterocycles. The van der Waals surface area contributed by atoms with Crippen LogP contribution in [-0.4, -0.2) is 38.0 Å². The van der Waals surface area contributed by atoms with E-state index in [1.807, 2.05) is 0 Å². The van der Waals surface area contributed by atoms with Gasteiger partial charge >= 0.3 is 0 Å². The molecule has 5 nitrogen and oxygen atoms in total. The number of benzene rings is 1. The molecule has 0 atom stereocenters. The number of nitrogens with zero attached hydrogens (tertiary/aromatic N) is 1. The smallest absolute Gasteiger partial charge is 0.269 e. The van der Waals surface area contributed by atoms with Crippen LogP contribution < -0.4 is 4.74 Å². The molecule has 0 aliphatic carbocycles. The van der Waals surface area contributed by atoms with Gasteiger partial charge in [0.2, 0.25) is 0 Å². The number of ether oxygens (including phenoxy) is 1. The van der Waals surface area contributed by atoms with E-state index >= 15 is 0 Å². The molecule has 0 bridgehead atoms. The Balaban J connectivity index is 2.49. The second-order valence-electron chi connectivity index (χ2n) is 3.39. The first kappa shape index (κ1) is 13.9. The summed E-state index contributed by atoms with van der Waals surface area (Å²) in [7, 11) is 2.91. The average molecular weight is 249 g/mol. The molecule has 0 spiro atoms. The van der Waals surface area contributed by atoms with Crippen molar-refractivity contribution >= 4 is 12.2 Å². The maximum Gasteiger partial charge on any atom is 0.269 e. The number of aldehydes is 1. The lowest BCUT2D eigenvalue weighted by Crippen LogP contribution is -2.23. The summed E-state index contributed by atoms with van der Waals surface area (Å²) in [6, 6.07) is 6.88. The summed E-state index contributed by atoms with van der Waals surface area (Å²) in [5.74, 6) is 0.203. The molecule has 96 valence electrons. The lowest BCUT2D eigenvalue weighted by Gasteiger charge is -2.10. The predicted octanol–water partition coefficient (Wildman–Crippen LogP) is 1.45. The summed E-state index contributed by atoms with van der Waals surface area (Å²) in [4.78, 5) is 26.7. The number of hydrogen-bond donors (Lipinski definition) is 0. The van der Waals surface area contributed by atoms with Crippen LogP contribution in [-0.2, 0) is 9.63 Å². The van der Waals surface area contributed by atoms with Gasteiger partial charge < -0.3 is 4.74 Å². The van der Waals surface area contributed by atoms with Gasteiger partial charge in [0.15, 0.2) is 6.29 Å². The number of carbonyl (C=O) groups is 2. The van der Waals surface area contributed by atoms with E-state index in [1.54, 1.807) is 30.3 Å². The first-order valence-corrected chi connectivity index (χ1v) is 5.34. The molecule has 0 unspecified atom stereocenters. The van der Waals surface area contributed by atoms with E-state index in [0.29, 0.717) is 11.3 Å². The van der Waals surface area contributed by atoms with Gasteiger partial charge in [-0.05, 0) is 18.2 Å². The van der Waals surface area contributed by atoms with E-state index < -0.39 is 0 Å². The minimum Gasteiger partial charge on any atom is -0.489 e. The van der Waals surface area contributed by atoms with Crippen molar-refractivity contribution in [2.45, 2.75) is 0 Å². The Bertz CT molecular complexity index is 442. The Hall–Kier alpha value is -2.14. The quantitative estimate of drug-likeness (QED) is 0.435. The minimum absolute atomic E-state index is 0.203. The Morgan fingerprint density at radius 1 is 1.39 bits per heavy atom. The fourth-order valence-electron chi connectivity index (χ4n) is 1.19. The molecule has 0 aliphatic rings. The van der Waals surface area contributed by atoms with Gasteiger partial charge in [-0.1, -0.05) is 12.1 Å². The van der Waals surface area contributed by atoms with Gasteiger partial charge in [-0.2, -0.15) is 0 Å². The molecule has 0 N–H and O–H groups in total. The van der Waals surface area contributed by atoms with Crippen LogP contribution in [0.25, 0.3) is 0 Å². The first-order chi connectivity index (χ1) is 8.69. The third kappa shape index (κ3) is 4.03. The molecule has 18 heavy (non-hydrogen) atoms. The van der Waals surface area contributed by atoms with E-state index in [9.17, 15) is 9.59 Å². The third-order valence-electron chi connectivity index (χ3n) is 2.23. The maximum absolute atomic E-state index is 11.3. The van der Waals surface area contributed by atoms with Gasteiger partial charge in [0.05, 0.1) is 12.7 Å². The summed E-state index contributed by atoms with van der Waals surface area (Å²) >= 11 is 0. The van der Waals surface area contributed by atoms with Crippen LogP contribution in [0.4, 0.5) is 0 Å². The Morgan fingerprint density at radius 3 is 2.78 bits per heavy atom. The fraction of sp³-hybridized carbons (Fsp3) is 0.231. The number of likely N-dealkylation sites (N-methyl/N-ethyl adjacent to an activating group) is 1. The van der Waals surface area contributed by atoms with E-state index in [1.165, 1.54) is 20.2 Å². The van der Waals surface area contributed by atoms with Crippen LogP contribution in [0.5, 0.6) is 5.75 Å². The van der Waals surface area contributed by atoms with Crippen molar-refractivity contribution in [1.29, 1.82) is 0 Å². The standard InChI is InChI=1S/C13H15NO4/c1-14(17-2)13(16)8-5-9-18-12-7-4-3-6-11(12)10-15/h3-8,10H,9H2,1-2H3/b8-5+. The highest BCUT2D eigenvalue weighted by atomic mass is 16.7. The normalized spacial score (nSPS) is 10.3. The van der Waals surface area contributed by atoms with E-state index in [4.69, 9.17) is 9.57 Å². The predicted molar refractivity (Wildman–Crippen MR) is 66.2 cm³/mol. The topological polar surface area (TPSA) is 55.8 Å². The van der Waals surface area contributed by atoms with Gasteiger partial charge in [-0.25, -0.2) is 5.06 Å². The van der Waals surface area contributed by atoms with Gasteiger partial charge in [-0.3, -0.25) is 14.4 Å². The van der Waals surface area contributed by atoms with Gasteiger partial charge in [0, 0.05) is 13.1 Å². The summed E-state index contributed by atoms with van der Waals surface area (Å²) in [5.41, 5.74) is 0.478. The fourth-order valence-corrected chi connectivity index (χ4v) is 1.19. The summed E-state index contributed by atoms with van der Waals surface area (Å²) in [6.45, 7) is 0.203. The Labute approximate surface area is 106 Å². The monoisotopic (exact) mass is 249 g/mol. The number of hydroxylamine groups is 2. The summed E-state index contributed by atoms with van der Waals surface area (Å²) in [6.07, 6.45) is 3.62. The highest BCUT2D eigenvalue weighted by molar-refractivity contribution is 5.86. The number of amides is 1. The molecule has 1 aromatic carbocycles. The van der Waals surface area contributed by atoms with Crippen molar-refractivity contribution in [2.75, 3.05) is 20.8 Å². The minimum atomic E-state index is -0.287. The van der Waals surface area contributed by atoms with Crippen molar-refractivity contribution in [3.8, 4) is 5.75 Å². The van der Waals surface area contributed by atoms with E-state index in [0.717, 1.165) is 11.3 Å². The van der Waals surface area contributed by atoms with Crippen molar-refractivity contribution in [2.24, 2.45) is 0 Å². The van der Waals surface area contributed by atoms with Crippen molar-refractivity contribution in [3.63, 3.8) is 0 Å². The maximum atomic E-state index is 11.3. The van der Waals surface area contributed by atoms with Gasteiger partial charge in [-0.15, -0.1) is 0 Å². The van der Waals surface area contributed by atoms with Crippen LogP contribution in [0.1, 0.15) is 10.4 Å². The zero-order chi connectivity index (χ0) is 13.4. The van der Waals surface area contributed by atoms with Crippen LogP contribution in [0.2, 0.25) is 0 Å². The largest absolute Gasteiger partial charge is 0.489 e. The molecule has 0 radical (unpaired) electrons. The molecule has 1 aromatic rings. The average Bonchev–Trinajstić information content (AvgIpc) is 2.42. The molecule has 5 heteroatoms. The number of hydrogen-bond acceptors (Lipinski definition) is 4. The number of rotatable bonds is 6.